The van der Waals surface area contributed by atoms with Gasteiger partial charge in [-0.15, -0.1) is 0 Å². The molecule has 26 heavy (non-hydrogen) atoms. The summed E-state index contributed by atoms with van der Waals surface area (Å²) in [5.41, 5.74) is 1.63. The Balaban J connectivity index is 1.83. The van der Waals surface area contributed by atoms with Crippen LogP contribution < -0.4 is 4.74 Å². The second-order valence-electron chi connectivity index (χ2n) is 5.94. The molecule has 1 aromatic carbocycles. The highest BCUT2D eigenvalue weighted by atomic mass is 32.2. The van der Waals surface area contributed by atoms with Gasteiger partial charge in [0.1, 0.15) is 11.4 Å². The van der Waals surface area contributed by atoms with Crippen molar-refractivity contribution >= 4 is 34.6 Å². The summed E-state index contributed by atoms with van der Waals surface area (Å²) in [6.07, 6.45) is 6.93. The van der Waals surface area contributed by atoms with Gasteiger partial charge in [0, 0.05) is 36.7 Å². The summed E-state index contributed by atoms with van der Waals surface area (Å²) in [6, 6.07) is 7.71. The number of carbonyl (C=O) groups is 1. The summed E-state index contributed by atoms with van der Waals surface area (Å²) in [7, 11) is 1.85. The molecule has 1 aliphatic heterocycles. The van der Waals surface area contributed by atoms with Crippen molar-refractivity contribution in [2.24, 2.45) is 12.0 Å². The van der Waals surface area contributed by atoms with Gasteiger partial charge in [-0.1, -0.05) is 23.9 Å². The maximum absolute atomic E-state index is 12.7. The Morgan fingerprint density at radius 2 is 2.27 bits per heavy atom. The van der Waals surface area contributed by atoms with Crippen molar-refractivity contribution in [1.29, 1.82) is 0 Å². The molecule has 1 saturated heterocycles. The largest absolute Gasteiger partial charge is 0.492 e. The summed E-state index contributed by atoms with van der Waals surface area (Å²) in [5.74, 6) is 1.46. The Labute approximate surface area is 157 Å². The van der Waals surface area contributed by atoms with Gasteiger partial charge in [0.25, 0.3) is 5.91 Å². The highest BCUT2D eigenvalue weighted by Gasteiger charge is 2.31. The highest BCUT2D eigenvalue weighted by Crippen LogP contribution is 2.32. The number of aliphatic imine (C=N–C) groups is 1. The van der Waals surface area contributed by atoms with Crippen LogP contribution in [0.25, 0.3) is 6.08 Å². The standard InChI is InChI=1S/C19H22N4O2S/c1-4-25-17-8-6-5-7-16(17)21-19-23(14(2)13-26-19)18(24)10-9-15-11-20-22(3)12-15/h5-12,14H,4,13H2,1-3H3/b10-9+,21-19?. The van der Waals surface area contributed by atoms with Crippen molar-refractivity contribution in [2.75, 3.05) is 12.4 Å². The number of aromatic nitrogens is 2. The first-order valence-corrected chi connectivity index (χ1v) is 9.50. The second-order valence-corrected chi connectivity index (χ2v) is 6.93. The van der Waals surface area contributed by atoms with Gasteiger partial charge in [-0.25, -0.2) is 4.99 Å². The molecule has 1 atom stereocenters. The predicted molar refractivity (Wildman–Crippen MR) is 106 cm³/mol. The van der Waals surface area contributed by atoms with E-state index in [-0.39, 0.29) is 11.9 Å². The lowest BCUT2D eigenvalue weighted by Crippen LogP contribution is -2.36. The smallest absolute Gasteiger partial charge is 0.252 e. The van der Waals surface area contributed by atoms with Crippen molar-refractivity contribution in [2.45, 2.75) is 19.9 Å². The Hall–Kier alpha value is -2.54. The molecule has 7 heteroatoms. The zero-order chi connectivity index (χ0) is 18.5. The molecule has 0 saturated carbocycles. The molecule has 6 nitrogen and oxygen atoms in total. The molecule has 3 rings (SSSR count). The van der Waals surface area contributed by atoms with Gasteiger partial charge >= 0.3 is 0 Å². The molecular formula is C19H22N4O2S. The van der Waals surface area contributed by atoms with Crippen LogP contribution in [0.2, 0.25) is 0 Å². The summed E-state index contributed by atoms with van der Waals surface area (Å²) >= 11 is 1.58. The zero-order valence-corrected chi connectivity index (χ0v) is 15.9. The van der Waals surface area contributed by atoms with Crippen LogP contribution in [0.15, 0.2) is 47.7 Å². The average Bonchev–Trinajstić information content (AvgIpc) is 3.20. The molecule has 2 aromatic rings. The fraction of sp³-hybridized carbons (Fsp3) is 0.316. The summed E-state index contributed by atoms with van der Waals surface area (Å²) in [5, 5.41) is 4.80. The van der Waals surface area contributed by atoms with E-state index in [0.717, 1.165) is 22.8 Å². The predicted octanol–water partition coefficient (Wildman–Crippen LogP) is 3.48. The summed E-state index contributed by atoms with van der Waals surface area (Å²) in [4.78, 5) is 19.2. The minimum Gasteiger partial charge on any atom is -0.492 e. The van der Waals surface area contributed by atoms with E-state index < -0.39 is 0 Å². The van der Waals surface area contributed by atoms with Crippen molar-refractivity contribution in [3.05, 3.63) is 48.3 Å². The number of para-hydroxylation sites is 2. The van der Waals surface area contributed by atoms with E-state index in [4.69, 9.17) is 9.73 Å². The van der Waals surface area contributed by atoms with Gasteiger partial charge in [0.05, 0.1) is 12.8 Å². The van der Waals surface area contributed by atoms with Crippen molar-refractivity contribution in [3.63, 3.8) is 0 Å². The van der Waals surface area contributed by atoms with Crippen LogP contribution in [0, 0.1) is 0 Å². The van der Waals surface area contributed by atoms with Crippen molar-refractivity contribution in [3.8, 4) is 5.75 Å². The van der Waals surface area contributed by atoms with E-state index >= 15 is 0 Å². The third-order valence-electron chi connectivity index (χ3n) is 3.86. The first kappa shape index (κ1) is 18.3. The number of hydrogen-bond acceptors (Lipinski definition) is 5. The fourth-order valence-electron chi connectivity index (χ4n) is 2.63. The van der Waals surface area contributed by atoms with E-state index in [1.165, 1.54) is 0 Å². The molecule has 136 valence electrons. The quantitative estimate of drug-likeness (QED) is 0.756. The number of carbonyl (C=O) groups excluding carboxylic acids is 1. The Morgan fingerprint density at radius 1 is 1.46 bits per heavy atom. The van der Waals surface area contributed by atoms with Crippen molar-refractivity contribution in [1.82, 2.24) is 14.7 Å². The van der Waals surface area contributed by atoms with Gasteiger partial charge in [-0.2, -0.15) is 5.10 Å². The molecule has 0 aliphatic carbocycles. The van der Waals surface area contributed by atoms with Crippen molar-refractivity contribution < 1.29 is 9.53 Å². The molecule has 1 amide bonds. The number of amidine groups is 1. The number of rotatable bonds is 5. The SMILES string of the molecule is CCOc1ccccc1N=C1SCC(C)N1C(=O)/C=C/c1cnn(C)c1. The van der Waals surface area contributed by atoms with Gasteiger partial charge < -0.3 is 4.74 Å². The lowest BCUT2D eigenvalue weighted by molar-refractivity contribution is -0.123. The average molecular weight is 370 g/mol. The Kier molecular flexibility index (Phi) is 5.78. The first-order chi connectivity index (χ1) is 12.6. The minimum absolute atomic E-state index is 0.0843. The summed E-state index contributed by atoms with van der Waals surface area (Å²) in [6.45, 7) is 4.54. The first-order valence-electron chi connectivity index (χ1n) is 8.51. The maximum atomic E-state index is 12.7. The number of nitrogens with zero attached hydrogens (tertiary/aromatic N) is 4. The van der Waals surface area contributed by atoms with Gasteiger partial charge in [0.15, 0.2) is 5.17 Å². The van der Waals surface area contributed by atoms with E-state index in [9.17, 15) is 4.79 Å². The van der Waals surface area contributed by atoms with Crippen LogP contribution in [0.5, 0.6) is 5.75 Å². The van der Waals surface area contributed by atoms with Crippen LogP contribution in [-0.2, 0) is 11.8 Å². The lowest BCUT2D eigenvalue weighted by Gasteiger charge is -2.19. The monoisotopic (exact) mass is 370 g/mol. The second kappa shape index (κ2) is 8.23. The molecule has 0 bridgehead atoms. The molecule has 0 N–H and O–H groups in total. The molecule has 0 radical (unpaired) electrons. The van der Waals surface area contributed by atoms with E-state index in [1.54, 1.807) is 39.7 Å². The molecule has 1 fully saturated rings. The third kappa shape index (κ3) is 4.16. The van der Waals surface area contributed by atoms with E-state index in [1.807, 2.05) is 51.4 Å². The molecule has 1 unspecified atom stereocenters. The molecule has 0 spiro atoms. The third-order valence-corrected chi connectivity index (χ3v) is 5.06. The molecule has 1 aliphatic rings. The van der Waals surface area contributed by atoms with Crippen LogP contribution in [-0.4, -0.2) is 44.2 Å². The number of amides is 1. The lowest BCUT2D eigenvalue weighted by atomic mass is 10.3. The number of hydrogen-bond donors (Lipinski definition) is 0. The maximum Gasteiger partial charge on any atom is 0.252 e. The normalized spacial score (nSPS) is 18.8. The zero-order valence-electron chi connectivity index (χ0n) is 15.1. The highest BCUT2D eigenvalue weighted by molar-refractivity contribution is 8.14. The van der Waals surface area contributed by atoms with Crippen LogP contribution in [0.3, 0.4) is 0 Å². The number of thioether (sulfide) groups is 1. The van der Waals surface area contributed by atoms with Crippen LogP contribution >= 0.6 is 11.8 Å². The molecule has 2 heterocycles. The molecular weight excluding hydrogens is 348 g/mol. The Bertz CT molecular complexity index is 844. The van der Waals surface area contributed by atoms with E-state index in [2.05, 4.69) is 5.10 Å². The number of ether oxygens (including phenoxy) is 1. The van der Waals surface area contributed by atoms with Gasteiger partial charge in [0.2, 0.25) is 0 Å². The van der Waals surface area contributed by atoms with E-state index in [0.29, 0.717) is 11.8 Å². The number of aryl methyl sites for hydroxylation is 1. The Morgan fingerprint density at radius 3 is 3.00 bits per heavy atom. The number of benzene rings is 1. The minimum atomic E-state index is -0.0843. The van der Waals surface area contributed by atoms with Crippen LogP contribution in [0.1, 0.15) is 19.4 Å². The fourth-order valence-corrected chi connectivity index (χ4v) is 3.74. The molecule has 1 aromatic heterocycles. The van der Waals surface area contributed by atoms with Crippen LogP contribution in [0.4, 0.5) is 5.69 Å². The van der Waals surface area contributed by atoms with Gasteiger partial charge in [-0.05, 0) is 32.1 Å². The topological polar surface area (TPSA) is 59.7 Å². The summed E-state index contributed by atoms with van der Waals surface area (Å²) < 4.78 is 7.34. The van der Waals surface area contributed by atoms with Gasteiger partial charge in [-0.3, -0.25) is 14.4 Å².